The van der Waals surface area contributed by atoms with Crippen molar-refractivity contribution >= 4 is 21.6 Å². The molecule has 2 aromatic carbocycles. The smallest absolute Gasteiger partial charge is 0.378 e. The average molecular weight is 358 g/mol. The van der Waals surface area contributed by atoms with E-state index in [-0.39, 0.29) is 6.04 Å². The van der Waals surface area contributed by atoms with Gasteiger partial charge in [0, 0.05) is 16.2 Å². The minimum Gasteiger partial charge on any atom is -0.378 e. The standard InChI is InChI=1S/C16H15BrF3N/c1-10-4-3-5-14(15(10)17)21-11(2)12-6-8-13(9-7-12)16(18,19)20/h3-9,11,21H,1-2H3. The zero-order valence-electron chi connectivity index (χ0n) is 11.6. The van der Waals surface area contributed by atoms with Crippen molar-refractivity contribution in [1.29, 1.82) is 0 Å². The maximum atomic E-state index is 12.5. The molecular weight excluding hydrogens is 343 g/mol. The third-order valence-electron chi connectivity index (χ3n) is 3.30. The van der Waals surface area contributed by atoms with Crippen molar-refractivity contribution in [3.8, 4) is 0 Å². The number of hydrogen-bond acceptors (Lipinski definition) is 1. The number of rotatable bonds is 3. The second-order valence-electron chi connectivity index (χ2n) is 4.92. The van der Waals surface area contributed by atoms with Crippen molar-refractivity contribution in [1.82, 2.24) is 0 Å². The van der Waals surface area contributed by atoms with Gasteiger partial charge in [0.15, 0.2) is 0 Å². The highest BCUT2D eigenvalue weighted by Crippen LogP contribution is 2.32. The molecular formula is C16H15BrF3N. The van der Waals surface area contributed by atoms with Gasteiger partial charge in [-0.3, -0.25) is 0 Å². The topological polar surface area (TPSA) is 12.0 Å². The van der Waals surface area contributed by atoms with Gasteiger partial charge < -0.3 is 5.32 Å². The zero-order valence-corrected chi connectivity index (χ0v) is 13.2. The first-order chi connectivity index (χ1) is 9.79. The van der Waals surface area contributed by atoms with Crippen LogP contribution >= 0.6 is 15.9 Å². The lowest BCUT2D eigenvalue weighted by molar-refractivity contribution is -0.137. The summed E-state index contributed by atoms with van der Waals surface area (Å²) in [6, 6.07) is 11.0. The van der Waals surface area contributed by atoms with E-state index in [2.05, 4.69) is 21.2 Å². The molecule has 0 aliphatic carbocycles. The number of aryl methyl sites for hydroxylation is 1. The van der Waals surface area contributed by atoms with E-state index in [9.17, 15) is 13.2 Å². The van der Waals surface area contributed by atoms with Crippen LogP contribution in [0.25, 0.3) is 0 Å². The molecule has 0 aliphatic heterocycles. The van der Waals surface area contributed by atoms with Crippen molar-refractivity contribution in [3.05, 3.63) is 63.6 Å². The minimum absolute atomic E-state index is 0.0922. The molecule has 112 valence electrons. The molecule has 0 fully saturated rings. The van der Waals surface area contributed by atoms with Crippen LogP contribution in [0, 0.1) is 6.92 Å². The fourth-order valence-electron chi connectivity index (χ4n) is 2.04. The number of hydrogen-bond donors (Lipinski definition) is 1. The first kappa shape index (κ1) is 15.9. The predicted octanol–water partition coefficient (Wildman–Crippen LogP) is 5.95. The van der Waals surface area contributed by atoms with Gasteiger partial charge in [0.2, 0.25) is 0 Å². The van der Waals surface area contributed by atoms with E-state index in [0.29, 0.717) is 0 Å². The SMILES string of the molecule is Cc1cccc(NC(C)c2ccc(C(F)(F)F)cc2)c1Br. The average Bonchev–Trinajstić information content (AvgIpc) is 2.43. The maximum absolute atomic E-state index is 12.5. The Hall–Kier alpha value is -1.49. The Bertz CT molecular complexity index is 620. The number of alkyl halides is 3. The molecule has 21 heavy (non-hydrogen) atoms. The molecule has 1 N–H and O–H groups in total. The van der Waals surface area contributed by atoms with E-state index in [1.807, 2.05) is 32.0 Å². The summed E-state index contributed by atoms with van der Waals surface area (Å²) in [5.74, 6) is 0. The van der Waals surface area contributed by atoms with Crippen molar-refractivity contribution in [3.63, 3.8) is 0 Å². The van der Waals surface area contributed by atoms with Crippen LogP contribution in [0.2, 0.25) is 0 Å². The molecule has 0 bridgehead atoms. The van der Waals surface area contributed by atoms with Crippen LogP contribution in [-0.2, 0) is 6.18 Å². The minimum atomic E-state index is -4.30. The van der Waals surface area contributed by atoms with Crippen molar-refractivity contribution < 1.29 is 13.2 Å². The molecule has 1 atom stereocenters. The third kappa shape index (κ3) is 3.79. The van der Waals surface area contributed by atoms with E-state index in [0.717, 1.165) is 33.4 Å². The van der Waals surface area contributed by atoms with Gasteiger partial charge in [0.1, 0.15) is 0 Å². The Morgan fingerprint density at radius 2 is 1.67 bits per heavy atom. The van der Waals surface area contributed by atoms with Crippen LogP contribution in [0.3, 0.4) is 0 Å². The summed E-state index contributed by atoms with van der Waals surface area (Å²) in [4.78, 5) is 0. The fourth-order valence-corrected chi connectivity index (χ4v) is 2.42. The van der Waals surface area contributed by atoms with Gasteiger partial charge in [0.05, 0.1) is 5.56 Å². The van der Waals surface area contributed by atoms with Crippen LogP contribution in [0.1, 0.15) is 29.7 Å². The predicted molar refractivity (Wildman–Crippen MR) is 82.4 cm³/mol. The lowest BCUT2D eigenvalue weighted by Crippen LogP contribution is -2.09. The number of benzene rings is 2. The van der Waals surface area contributed by atoms with Gasteiger partial charge in [-0.1, -0.05) is 24.3 Å². The van der Waals surface area contributed by atoms with Crippen LogP contribution < -0.4 is 5.32 Å². The molecule has 1 unspecified atom stereocenters. The van der Waals surface area contributed by atoms with Gasteiger partial charge >= 0.3 is 6.18 Å². The number of halogens is 4. The van der Waals surface area contributed by atoms with Gasteiger partial charge in [-0.15, -0.1) is 0 Å². The van der Waals surface area contributed by atoms with Crippen LogP contribution in [0.5, 0.6) is 0 Å². The largest absolute Gasteiger partial charge is 0.416 e. The molecule has 1 nitrogen and oxygen atoms in total. The van der Waals surface area contributed by atoms with E-state index in [1.54, 1.807) is 0 Å². The van der Waals surface area contributed by atoms with Gasteiger partial charge in [-0.25, -0.2) is 0 Å². The van der Waals surface area contributed by atoms with Crippen LogP contribution in [0.4, 0.5) is 18.9 Å². The van der Waals surface area contributed by atoms with Gasteiger partial charge in [0.25, 0.3) is 0 Å². The summed E-state index contributed by atoms with van der Waals surface area (Å²) in [5, 5.41) is 3.30. The second kappa shape index (κ2) is 6.10. The first-order valence-corrected chi connectivity index (χ1v) is 7.27. The number of nitrogens with one attached hydrogen (secondary N) is 1. The van der Waals surface area contributed by atoms with Gasteiger partial charge in [-0.05, 0) is 59.1 Å². The van der Waals surface area contributed by atoms with Crippen LogP contribution in [0.15, 0.2) is 46.9 Å². The molecule has 2 rings (SSSR count). The second-order valence-corrected chi connectivity index (χ2v) is 5.72. The zero-order chi connectivity index (χ0) is 15.6. The van der Waals surface area contributed by atoms with Crippen molar-refractivity contribution in [2.24, 2.45) is 0 Å². The summed E-state index contributed by atoms with van der Waals surface area (Å²) < 4.78 is 38.6. The molecule has 0 aromatic heterocycles. The molecule has 0 amide bonds. The molecule has 0 radical (unpaired) electrons. The molecule has 2 aromatic rings. The van der Waals surface area contributed by atoms with Gasteiger partial charge in [-0.2, -0.15) is 13.2 Å². The Balaban J connectivity index is 2.17. The normalized spacial score (nSPS) is 13.0. The lowest BCUT2D eigenvalue weighted by atomic mass is 10.1. The fraction of sp³-hybridized carbons (Fsp3) is 0.250. The summed E-state index contributed by atoms with van der Waals surface area (Å²) in [7, 11) is 0. The highest BCUT2D eigenvalue weighted by atomic mass is 79.9. The maximum Gasteiger partial charge on any atom is 0.416 e. The molecule has 5 heteroatoms. The van der Waals surface area contributed by atoms with E-state index < -0.39 is 11.7 Å². The Morgan fingerprint density at radius 1 is 1.05 bits per heavy atom. The van der Waals surface area contributed by atoms with Crippen molar-refractivity contribution in [2.45, 2.75) is 26.1 Å². The molecule has 0 spiro atoms. The Morgan fingerprint density at radius 3 is 2.24 bits per heavy atom. The molecule has 0 saturated carbocycles. The molecule has 0 heterocycles. The summed E-state index contributed by atoms with van der Waals surface area (Å²) >= 11 is 3.51. The summed E-state index contributed by atoms with van der Waals surface area (Å²) in [6.45, 7) is 3.90. The Labute approximate surface area is 130 Å². The van der Waals surface area contributed by atoms with Crippen LogP contribution in [-0.4, -0.2) is 0 Å². The summed E-state index contributed by atoms with van der Waals surface area (Å²) in [6.07, 6.45) is -4.30. The molecule has 0 saturated heterocycles. The number of anilines is 1. The highest BCUT2D eigenvalue weighted by molar-refractivity contribution is 9.10. The third-order valence-corrected chi connectivity index (χ3v) is 4.35. The van der Waals surface area contributed by atoms with E-state index >= 15 is 0 Å². The summed E-state index contributed by atoms with van der Waals surface area (Å²) in [5.41, 5.74) is 2.19. The lowest BCUT2D eigenvalue weighted by Gasteiger charge is -2.18. The highest BCUT2D eigenvalue weighted by Gasteiger charge is 2.30. The Kier molecular flexibility index (Phi) is 4.61. The monoisotopic (exact) mass is 357 g/mol. The first-order valence-electron chi connectivity index (χ1n) is 6.48. The van der Waals surface area contributed by atoms with E-state index in [1.165, 1.54) is 12.1 Å². The van der Waals surface area contributed by atoms with Crippen molar-refractivity contribution in [2.75, 3.05) is 5.32 Å². The quantitative estimate of drug-likeness (QED) is 0.715. The van der Waals surface area contributed by atoms with E-state index in [4.69, 9.17) is 0 Å². The molecule has 0 aliphatic rings.